The van der Waals surface area contributed by atoms with Crippen molar-refractivity contribution < 1.29 is 23.2 Å². The lowest BCUT2D eigenvalue weighted by Crippen LogP contribution is -2.05. The summed E-state index contributed by atoms with van der Waals surface area (Å²) >= 11 is 0. The van der Waals surface area contributed by atoms with Gasteiger partial charge in [0.05, 0.1) is 13.4 Å². The summed E-state index contributed by atoms with van der Waals surface area (Å²) < 4.78 is 16.9. The quantitative estimate of drug-likeness (QED) is 0.377. The van der Waals surface area contributed by atoms with E-state index < -0.39 is 5.97 Å². The smallest absolute Gasteiger partial charge is 0.332 e. The maximum absolute atomic E-state index is 11.2. The van der Waals surface area contributed by atoms with E-state index in [1.807, 2.05) is 38.1 Å². The fourth-order valence-corrected chi connectivity index (χ4v) is 3.27. The van der Waals surface area contributed by atoms with Gasteiger partial charge in [0.1, 0.15) is 16.9 Å². The molecular weight excluding hydrogens is 358 g/mol. The minimum atomic E-state index is -0.518. The van der Waals surface area contributed by atoms with Crippen LogP contribution in [-0.2, 0) is 9.63 Å². The number of carbonyl (C=O) groups is 1. The van der Waals surface area contributed by atoms with Crippen molar-refractivity contribution in [3.05, 3.63) is 59.3 Å². The van der Waals surface area contributed by atoms with Crippen molar-refractivity contribution in [2.45, 2.75) is 20.8 Å². The van der Waals surface area contributed by atoms with Crippen LogP contribution < -0.4 is 10.3 Å². The predicted octanol–water partition coefficient (Wildman–Crippen LogP) is 4.85. The number of aryl methyl sites for hydroxylation is 2. The van der Waals surface area contributed by atoms with E-state index in [2.05, 4.69) is 11.2 Å². The van der Waals surface area contributed by atoms with E-state index in [9.17, 15) is 4.79 Å². The van der Waals surface area contributed by atoms with Crippen molar-refractivity contribution in [3.63, 3.8) is 0 Å². The molecule has 0 saturated carbocycles. The zero-order chi connectivity index (χ0) is 19.8. The van der Waals surface area contributed by atoms with Gasteiger partial charge < -0.3 is 18.4 Å². The fraction of sp³-hybridized carbons (Fsp3) is 0.182. The Morgan fingerprint density at radius 1 is 1.04 bits per heavy atom. The molecule has 0 unspecified atom stereocenters. The van der Waals surface area contributed by atoms with Gasteiger partial charge in [-0.3, -0.25) is 0 Å². The van der Waals surface area contributed by atoms with Gasteiger partial charge in [0, 0.05) is 29.3 Å². The molecular formula is C22H19NO5. The first-order valence-corrected chi connectivity index (χ1v) is 8.79. The van der Waals surface area contributed by atoms with Crippen LogP contribution in [-0.4, -0.2) is 13.1 Å². The number of furan rings is 1. The number of fused-ring (bicyclic) bond motifs is 2. The monoisotopic (exact) mass is 377 g/mol. The lowest BCUT2D eigenvalue weighted by molar-refractivity contribution is -0.141. The molecule has 28 heavy (non-hydrogen) atoms. The molecule has 0 atom stereocenters. The molecule has 142 valence electrons. The highest BCUT2D eigenvalue weighted by molar-refractivity contribution is 6.04. The molecule has 0 spiro atoms. The molecule has 0 N–H and O–H groups in total. The Bertz CT molecular complexity index is 1260. The Morgan fingerprint density at radius 2 is 1.79 bits per heavy atom. The summed E-state index contributed by atoms with van der Waals surface area (Å²) in [6, 6.07) is 11.5. The molecule has 0 fully saturated rings. The second kappa shape index (κ2) is 6.88. The van der Waals surface area contributed by atoms with E-state index in [1.165, 1.54) is 6.92 Å². The number of methoxy groups -OCH3 is 1. The number of ether oxygens (including phenoxy) is 1. The number of carbonyl (C=O) groups excluding carboxylic acids is 1. The number of hydrogen-bond acceptors (Lipinski definition) is 6. The summed E-state index contributed by atoms with van der Waals surface area (Å²) in [5, 5.41) is 5.78. The average Bonchev–Trinajstić information content (AvgIpc) is 3.07. The van der Waals surface area contributed by atoms with E-state index >= 15 is 0 Å². The zero-order valence-corrected chi connectivity index (χ0v) is 16.0. The largest absolute Gasteiger partial charge is 0.497 e. The van der Waals surface area contributed by atoms with Crippen LogP contribution in [0.1, 0.15) is 18.1 Å². The van der Waals surface area contributed by atoms with E-state index in [-0.39, 0.29) is 5.55 Å². The molecule has 0 aliphatic heterocycles. The van der Waals surface area contributed by atoms with Gasteiger partial charge in [0.2, 0.25) is 0 Å². The number of nitrogens with zero attached hydrogens (tertiary/aromatic N) is 1. The van der Waals surface area contributed by atoms with Gasteiger partial charge in [-0.1, -0.05) is 12.1 Å². The van der Waals surface area contributed by atoms with Crippen molar-refractivity contribution in [3.8, 4) is 16.9 Å². The van der Waals surface area contributed by atoms with E-state index in [0.29, 0.717) is 5.58 Å². The Kier molecular flexibility index (Phi) is 4.39. The molecule has 0 saturated heterocycles. The van der Waals surface area contributed by atoms with Crippen molar-refractivity contribution in [2.75, 3.05) is 7.11 Å². The van der Waals surface area contributed by atoms with Gasteiger partial charge in [-0.2, -0.15) is 0 Å². The van der Waals surface area contributed by atoms with Crippen LogP contribution in [0.25, 0.3) is 33.1 Å². The summed E-state index contributed by atoms with van der Waals surface area (Å²) in [6.07, 6.45) is 1.73. The first kappa shape index (κ1) is 17.9. The normalized spacial score (nSPS) is 11.9. The van der Waals surface area contributed by atoms with E-state index in [1.54, 1.807) is 19.4 Å². The molecule has 0 radical (unpaired) electrons. The molecule has 2 aromatic heterocycles. The van der Waals surface area contributed by atoms with Gasteiger partial charge in [0.25, 0.3) is 5.55 Å². The van der Waals surface area contributed by atoms with E-state index in [0.717, 1.165) is 44.4 Å². The van der Waals surface area contributed by atoms with Crippen LogP contribution in [0.4, 0.5) is 0 Å². The number of rotatable bonds is 3. The Morgan fingerprint density at radius 3 is 2.46 bits per heavy atom. The number of benzene rings is 2. The summed E-state index contributed by atoms with van der Waals surface area (Å²) in [6.45, 7) is 5.23. The van der Waals surface area contributed by atoms with Gasteiger partial charge >= 0.3 is 5.97 Å². The molecule has 2 heterocycles. The molecule has 0 bridgehead atoms. The van der Waals surface area contributed by atoms with Crippen LogP contribution in [0.2, 0.25) is 0 Å². The third-order valence-electron chi connectivity index (χ3n) is 4.67. The highest BCUT2D eigenvalue weighted by atomic mass is 16.7. The Hall–Kier alpha value is -3.54. The topological polar surface area (TPSA) is 74.2 Å². The SMILES string of the molecule is COc1ccc(-c2cc(=NOC(C)=O)oc3c(C)c4occ(C)c4cc23)cc1. The first-order valence-electron chi connectivity index (χ1n) is 8.79. The second-order valence-electron chi connectivity index (χ2n) is 6.57. The lowest BCUT2D eigenvalue weighted by atomic mass is 9.98. The molecule has 4 aromatic rings. The van der Waals surface area contributed by atoms with Gasteiger partial charge in [-0.15, -0.1) is 0 Å². The molecule has 0 aliphatic carbocycles. The third kappa shape index (κ3) is 3.03. The molecule has 6 nitrogen and oxygen atoms in total. The van der Waals surface area contributed by atoms with Crippen LogP contribution in [0.3, 0.4) is 0 Å². The second-order valence-corrected chi connectivity index (χ2v) is 6.57. The third-order valence-corrected chi connectivity index (χ3v) is 4.67. The van der Waals surface area contributed by atoms with Crippen molar-refractivity contribution in [1.82, 2.24) is 0 Å². The molecule has 6 heteroatoms. The average molecular weight is 377 g/mol. The highest BCUT2D eigenvalue weighted by Gasteiger charge is 2.16. The molecule has 0 amide bonds. The summed E-state index contributed by atoms with van der Waals surface area (Å²) in [4.78, 5) is 15.9. The van der Waals surface area contributed by atoms with E-state index in [4.69, 9.17) is 18.4 Å². The van der Waals surface area contributed by atoms with Crippen LogP contribution in [0, 0.1) is 13.8 Å². The zero-order valence-electron chi connectivity index (χ0n) is 16.0. The minimum Gasteiger partial charge on any atom is -0.497 e. The van der Waals surface area contributed by atoms with Crippen LogP contribution in [0.5, 0.6) is 5.75 Å². The number of hydrogen-bond donors (Lipinski definition) is 0. The molecule has 2 aromatic carbocycles. The first-order chi connectivity index (χ1) is 13.5. The summed E-state index contributed by atoms with van der Waals surface area (Å²) in [7, 11) is 1.63. The molecule has 0 aliphatic rings. The molecule has 4 rings (SSSR count). The van der Waals surface area contributed by atoms with Gasteiger partial charge in [-0.25, -0.2) is 4.79 Å². The predicted molar refractivity (Wildman–Crippen MR) is 105 cm³/mol. The highest BCUT2D eigenvalue weighted by Crippen LogP contribution is 2.35. The van der Waals surface area contributed by atoms with Crippen LogP contribution >= 0.6 is 0 Å². The maximum Gasteiger partial charge on any atom is 0.332 e. The van der Waals surface area contributed by atoms with Crippen molar-refractivity contribution in [1.29, 1.82) is 0 Å². The van der Waals surface area contributed by atoms with Gasteiger partial charge in [0.15, 0.2) is 0 Å². The van der Waals surface area contributed by atoms with Crippen molar-refractivity contribution >= 4 is 27.9 Å². The summed E-state index contributed by atoms with van der Waals surface area (Å²) in [5.41, 5.74) is 5.35. The Labute approximate surface area is 161 Å². The Balaban J connectivity index is 2.07. The van der Waals surface area contributed by atoms with Crippen molar-refractivity contribution in [2.24, 2.45) is 5.16 Å². The standard InChI is InChI=1S/C22H19NO5/c1-12-11-26-21-13(2)22-19(9-17(12)21)18(10-20(27-22)23-28-14(3)24)15-5-7-16(25-4)8-6-15/h5-11H,1-4H3. The fourth-order valence-electron chi connectivity index (χ4n) is 3.27. The minimum absolute atomic E-state index is 0.194. The lowest BCUT2D eigenvalue weighted by Gasteiger charge is -2.10. The maximum atomic E-state index is 11.2. The van der Waals surface area contributed by atoms with Gasteiger partial charge in [-0.05, 0) is 53.9 Å². The van der Waals surface area contributed by atoms with Crippen LogP contribution in [0.15, 0.2) is 56.7 Å². The summed E-state index contributed by atoms with van der Waals surface area (Å²) in [5.74, 6) is 0.248.